The van der Waals surface area contributed by atoms with Crippen molar-refractivity contribution >= 4 is 33.7 Å². The summed E-state index contributed by atoms with van der Waals surface area (Å²) in [6, 6.07) is 6.59. The minimum Gasteiger partial charge on any atom is -0.379 e. The van der Waals surface area contributed by atoms with Gasteiger partial charge in [0.25, 0.3) is 0 Å². The van der Waals surface area contributed by atoms with E-state index in [4.69, 9.17) is 19.2 Å². The molecule has 0 saturated carbocycles. The molecule has 0 bridgehead atoms. The van der Waals surface area contributed by atoms with Crippen LogP contribution >= 0.6 is 11.3 Å². The first-order chi connectivity index (χ1) is 18.3. The molecule has 0 spiro atoms. The number of aromatic nitrogens is 3. The predicted octanol–water partition coefficient (Wildman–Crippen LogP) is 3.23. The molecule has 5 heterocycles. The van der Waals surface area contributed by atoms with Gasteiger partial charge in [-0.25, -0.2) is 15.0 Å². The van der Waals surface area contributed by atoms with Crippen molar-refractivity contribution in [1.29, 1.82) is 0 Å². The van der Waals surface area contributed by atoms with Crippen LogP contribution in [0.5, 0.6) is 0 Å². The van der Waals surface area contributed by atoms with Gasteiger partial charge >= 0.3 is 0 Å². The number of anilines is 2. The highest BCUT2D eigenvalue weighted by Gasteiger charge is 2.32. The van der Waals surface area contributed by atoms with Crippen LogP contribution in [0.1, 0.15) is 24.0 Å². The molecular formula is C27H36N6O3S. The molecule has 3 aromatic rings. The number of fused-ring (bicyclic) bond motifs is 1. The van der Waals surface area contributed by atoms with Crippen molar-refractivity contribution < 1.29 is 14.2 Å². The molecule has 9 nitrogen and oxygen atoms in total. The molecule has 3 aliphatic rings. The molecule has 0 amide bonds. The first kappa shape index (κ1) is 24.9. The van der Waals surface area contributed by atoms with Crippen molar-refractivity contribution in [1.82, 2.24) is 19.9 Å². The molecule has 3 aliphatic heterocycles. The molecule has 3 fully saturated rings. The number of benzene rings is 1. The number of piperidine rings is 1. The van der Waals surface area contributed by atoms with Crippen LogP contribution in [0.15, 0.2) is 36.1 Å². The van der Waals surface area contributed by atoms with E-state index in [0.717, 1.165) is 107 Å². The quantitative estimate of drug-likeness (QED) is 0.441. The maximum absolute atomic E-state index is 6.57. The van der Waals surface area contributed by atoms with Gasteiger partial charge in [-0.3, -0.25) is 4.90 Å². The number of hydrogen-bond acceptors (Lipinski definition) is 10. The Kier molecular flexibility index (Phi) is 8.09. The lowest BCUT2D eigenvalue weighted by Crippen LogP contribution is -2.41. The molecule has 37 heavy (non-hydrogen) atoms. The summed E-state index contributed by atoms with van der Waals surface area (Å²) in [7, 11) is 0. The van der Waals surface area contributed by atoms with E-state index in [2.05, 4.69) is 48.2 Å². The van der Waals surface area contributed by atoms with Crippen LogP contribution in [0.2, 0.25) is 0 Å². The summed E-state index contributed by atoms with van der Waals surface area (Å²) in [4.78, 5) is 21.3. The third-order valence-corrected chi connectivity index (χ3v) is 8.50. The second-order valence-corrected chi connectivity index (χ2v) is 10.9. The first-order valence-corrected chi connectivity index (χ1v) is 14.4. The van der Waals surface area contributed by atoms with E-state index in [0.29, 0.717) is 12.5 Å². The van der Waals surface area contributed by atoms with Gasteiger partial charge in [0.15, 0.2) is 0 Å². The molecule has 3 saturated heterocycles. The predicted molar refractivity (Wildman–Crippen MR) is 146 cm³/mol. The van der Waals surface area contributed by atoms with Crippen LogP contribution in [0.4, 0.5) is 11.5 Å². The average molecular weight is 525 g/mol. The fraction of sp³-hybridized carbons (Fsp3) is 0.593. The van der Waals surface area contributed by atoms with Crippen LogP contribution in [-0.2, 0) is 14.2 Å². The van der Waals surface area contributed by atoms with E-state index in [1.165, 1.54) is 5.69 Å². The zero-order chi connectivity index (χ0) is 24.9. The van der Waals surface area contributed by atoms with E-state index >= 15 is 0 Å². The summed E-state index contributed by atoms with van der Waals surface area (Å²) in [5.74, 6) is 1.39. The SMILES string of the molecule is c1csc(C(OCCN2CCOCC2)C2CCCN(c3ncnc4cc(N5CCOCC5)ccc34)C2)n1. The van der Waals surface area contributed by atoms with Crippen molar-refractivity contribution in [3.8, 4) is 0 Å². The largest absolute Gasteiger partial charge is 0.379 e. The highest BCUT2D eigenvalue weighted by molar-refractivity contribution is 7.09. The maximum atomic E-state index is 6.57. The van der Waals surface area contributed by atoms with Crippen LogP contribution in [0.3, 0.4) is 0 Å². The Morgan fingerprint density at radius 3 is 2.62 bits per heavy atom. The van der Waals surface area contributed by atoms with Crippen LogP contribution < -0.4 is 9.80 Å². The van der Waals surface area contributed by atoms with E-state index in [9.17, 15) is 0 Å². The summed E-state index contributed by atoms with van der Waals surface area (Å²) in [5.41, 5.74) is 2.20. The molecule has 198 valence electrons. The third kappa shape index (κ3) is 5.88. The summed E-state index contributed by atoms with van der Waals surface area (Å²) in [5, 5.41) is 4.24. The Morgan fingerprint density at radius 2 is 1.81 bits per heavy atom. The van der Waals surface area contributed by atoms with Gasteiger partial charge in [-0.2, -0.15) is 0 Å². The third-order valence-electron chi connectivity index (χ3n) is 7.66. The second-order valence-electron chi connectivity index (χ2n) is 9.96. The fourth-order valence-electron chi connectivity index (χ4n) is 5.67. The van der Waals surface area contributed by atoms with Gasteiger partial charge in [-0.15, -0.1) is 11.3 Å². The van der Waals surface area contributed by atoms with Crippen molar-refractivity contribution in [3.05, 3.63) is 41.1 Å². The zero-order valence-corrected chi connectivity index (χ0v) is 22.2. The van der Waals surface area contributed by atoms with Crippen molar-refractivity contribution in [2.75, 3.05) is 88.6 Å². The molecule has 0 radical (unpaired) electrons. The first-order valence-electron chi connectivity index (χ1n) is 13.5. The maximum Gasteiger partial charge on any atom is 0.139 e. The summed E-state index contributed by atoms with van der Waals surface area (Å²) >= 11 is 1.70. The number of ether oxygens (including phenoxy) is 3. The lowest BCUT2D eigenvalue weighted by atomic mass is 9.92. The van der Waals surface area contributed by atoms with Gasteiger partial charge in [0.2, 0.25) is 0 Å². The van der Waals surface area contributed by atoms with Crippen LogP contribution in [0.25, 0.3) is 10.9 Å². The lowest BCUT2D eigenvalue weighted by molar-refractivity contribution is -0.0213. The van der Waals surface area contributed by atoms with Crippen molar-refractivity contribution in [2.45, 2.75) is 18.9 Å². The van der Waals surface area contributed by atoms with E-state index in [1.54, 1.807) is 17.7 Å². The van der Waals surface area contributed by atoms with E-state index < -0.39 is 0 Å². The minimum atomic E-state index is 0.00450. The smallest absolute Gasteiger partial charge is 0.139 e. The number of thiazole rings is 1. The highest BCUT2D eigenvalue weighted by Crippen LogP contribution is 2.36. The van der Waals surface area contributed by atoms with Gasteiger partial charge in [0, 0.05) is 74.4 Å². The Balaban J connectivity index is 1.18. The van der Waals surface area contributed by atoms with Crippen molar-refractivity contribution in [2.24, 2.45) is 5.92 Å². The molecule has 0 N–H and O–H groups in total. The molecule has 2 unspecified atom stereocenters. The molecule has 2 atom stereocenters. The number of nitrogens with zero attached hydrogens (tertiary/aromatic N) is 6. The van der Waals surface area contributed by atoms with Gasteiger partial charge in [0.1, 0.15) is 23.3 Å². The number of rotatable bonds is 8. The standard InChI is InChI=1S/C27H36N6O3S/c1-2-21(25(27-28-5-17-37-27)36-16-9-31-7-12-34-13-8-31)19-33(6-1)26-23-4-3-22(18-24(23)29-20-30-26)32-10-14-35-15-11-32/h3-5,17-18,20-21,25H,1-2,6-16,19H2. The van der Waals surface area contributed by atoms with Crippen LogP contribution in [-0.4, -0.2) is 98.7 Å². The Hall–Kier alpha value is -2.37. The lowest BCUT2D eigenvalue weighted by Gasteiger charge is -2.37. The molecular weight excluding hydrogens is 488 g/mol. The summed E-state index contributed by atoms with van der Waals surface area (Å²) < 4.78 is 17.6. The van der Waals surface area contributed by atoms with Crippen LogP contribution in [0, 0.1) is 5.92 Å². The molecule has 1 aromatic carbocycles. The molecule has 0 aliphatic carbocycles. The van der Waals surface area contributed by atoms with Gasteiger partial charge in [-0.05, 0) is 31.0 Å². The molecule has 6 rings (SSSR count). The average Bonchev–Trinajstić information content (AvgIpc) is 3.50. The van der Waals surface area contributed by atoms with E-state index in [-0.39, 0.29) is 6.10 Å². The Labute approximate surface area is 222 Å². The minimum absolute atomic E-state index is 0.00450. The van der Waals surface area contributed by atoms with Crippen molar-refractivity contribution in [3.63, 3.8) is 0 Å². The van der Waals surface area contributed by atoms with Gasteiger partial charge in [0.05, 0.1) is 38.6 Å². The normalized spacial score (nSPS) is 22.4. The number of hydrogen-bond donors (Lipinski definition) is 0. The Bertz CT molecular complexity index is 1140. The van der Waals surface area contributed by atoms with Gasteiger partial charge in [-0.1, -0.05) is 0 Å². The Morgan fingerprint density at radius 1 is 0.973 bits per heavy atom. The van der Waals surface area contributed by atoms with E-state index in [1.807, 2.05) is 6.20 Å². The van der Waals surface area contributed by atoms with Gasteiger partial charge < -0.3 is 24.0 Å². The monoisotopic (exact) mass is 524 g/mol. The molecule has 10 heteroatoms. The fourth-order valence-corrected chi connectivity index (χ4v) is 6.45. The summed E-state index contributed by atoms with van der Waals surface area (Å²) in [6.45, 7) is 10.5. The number of morpholine rings is 2. The second kappa shape index (κ2) is 12.0. The topological polar surface area (TPSA) is 76.1 Å². The molecule has 2 aromatic heterocycles. The summed E-state index contributed by atoms with van der Waals surface area (Å²) in [6.07, 6.45) is 5.84. The zero-order valence-electron chi connectivity index (χ0n) is 21.3. The highest BCUT2D eigenvalue weighted by atomic mass is 32.1.